The third-order valence-corrected chi connectivity index (χ3v) is 3.37. The predicted molar refractivity (Wildman–Crippen MR) is 63.6 cm³/mol. The van der Waals surface area contributed by atoms with Gasteiger partial charge in [0.1, 0.15) is 5.82 Å². The van der Waals surface area contributed by atoms with Crippen molar-refractivity contribution in [2.45, 2.75) is 19.5 Å². The summed E-state index contributed by atoms with van der Waals surface area (Å²) in [6.45, 7) is 1.46. The molecule has 2 heterocycles. The Morgan fingerprint density at radius 2 is 2.26 bits per heavy atom. The molecule has 1 atom stereocenters. The third-order valence-electron chi connectivity index (χ3n) is 3.37. The molecule has 4 nitrogen and oxygen atoms in total. The standard InChI is InChI=1S/C12H14F3N3O/c1-8-3-2-5-17-9(8)18-10(19)11(12(13,14)15)4-6-16-7-11/h2-3,5,16H,4,6-7H2,1H3,(H,17,18,19). The second-order valence-corrected chi connectivity index (χ2v) is 4.63. The average molecular weight is 273 g/mol. The largest absolute Gasteiger partial charge is 0.404 e. The Morgan fingerprint density at radius 3 is 2.79 bits per heavy atom. The summed E-state index contributed by atoms with van der Waals surface area (Å²) >= 11 is 0. The second kappa shape index (κ2) is 4.80. The summed E-state index contributed by atoms with van der Waals surface area (Å²) in [5.74, 6) is -0.880. The lowest BCUT2D eigenvalue weighted by atomic mass is 9.85. The Balaban J connectivity index is 2.25. The first kappa shape index (κ1) is 13.8. The fraction of sp³-hybridized carbons (Fsp3) is 0.500. The van der Waals surface area contributed by atoms with Crippen LogP contribution in [0.25, 0.3) is 0 Å². The number of alkyl halides is 3. The molecule has 0 aliphatic carbocycles. The van der Waals surface area contributed by atoms with E-state index in [1.165, 1.54) is 6.20 Å². The van der Waals surface area contributed by atoms with E-state index >= 15 is 0 Å². The van der Waals surface area contributed by atoms with Gasteiger partial charge in [0, 0.05) is 12.7 Å². The van der Waals surface area contributed by atoms with Crippen LogP contribution in [0.4, 0.5) is 19.0 Å². The van der Waals surface area contributed by atoms with Crippen LogP contribution in [0.2, 0.25) is 0 Å². The number of pyridine rings is 1. The number of rotatable bonds is 2. The van der Waals surface area contributed by atoms with Gasteiger partial charge in [-0.3, -0.25) is 4.79 Å². The molecule has 19 heavy (non-hydrogen) atoms. The molecule has 7 heteroatoms. The van der Waals surface area contributed by atoms with Crippen LogP contribution < -0.4 is 10.6 Å². The number of aromatic nitrogens is 1. The molecule has 1 saturated heterocycles. The number of hydrogen-bond acceptors (Lipinski definition) is 3. The highest BCUT2D eigenvalue weighted by atomic mass is 19.4. The lowest BCUT2D eigenvalue weighted by molar-refractivity contribution is -0.213. The summed E-state index contributed by atoms with van der Waals surface area (Å²) < 4.78 is 39.4. The van der Waals surface area contributed by atoms with Crippen molar-refractivity contribution < 1.29 is 18.0 Å². The van der Waals surface area contributed by atoms with Gasteiger partial charge in [0.15, 0.2) is 5.41 Å². The first-order valence-electron chi connectivity index (χ1n) is 5.87. The Morgan fingerprint density at radius 1 is 1.53 bits per heavy atom. The van der Waals surface area contributed by atoms with E-state index in [0.717, 1.165) is 0 Å². The van der Waals surface area contributed by atoms with Crippen molar-refractivity contribution in [1.82, 2.24) is 10.3 Å². The maximum absolute atomic E-state index is 13.1. The highest BCUT2D eigenvalue weighted by Crippen LogP contribution is 2.43. The number of halogens is 3. The fourth-order valence-electron chi connectivity index (χ4n) is 2.10. The van der Waals surface area contributed by atoms with Crippen molar-refractivity contribution >= 4 is 11.7 Å². The maximum Gasteiger partial charge on any atom is 0.404 e. The van der Waals surface area contributed by atoms with Crippen LogP contribution in [0.5, 0.6) is 0 Å². The Hall–Kier alpha value is -1.63. The van der Waals surface area contributed by atoms with Gasteiger partial charge in [0.2, 0.25) is 5.91 Å². The SMILES string of the molecule is Cc1cccnc1NC(=O)C1(C(F)(F)F)CCNC1. The van der Waals surface area contributed by atoms with Gasteiger partial charge >= 0.3 is 6.18 Å². The van der Waals surface area contributed by atoms with Crippen LogP contribution in [0.1, 0.15) is 12.0 Å². The van der Waals surface area contributed by atoms with Crippen molar-refractivity contribution in [3.8, 4) is 0 Å². The lowest BCUT2D eigenvalue weighted by Gasteiger charge is -2.29. The molecule has 0 spiro atoms. The molecule has 1 aliphatic rings. The van der Waals surface area contributed by atoms with Crippen LogP contribution in [0.15, 0.2) is 18.3 Å². The van der Waals surface area contributed by atoms with Gasteiger partial charge in [-0.15, -0.1) is 0 Å². The number of aryl methyl sites for hydroxylation is 1. The summed E-state index contributed by atoms with van der Waals surface area (Å²) in [6.07, 6.45) is -3.41. The van der Waals surface area contributed by atoms with E-state index in [4.69, 9.17) is 0 Å². The smallest absolute Gasteiger partial charge is 0.315 e. The van der Waals surface area contributed by atoms with Gasteiger partial charge in [0.25, 0.3) is 0 Å². The number of nitrogens with one attached hydrogen (secondary N) is 2. The predicted octanol–water partition coefficient (Wildman–Crippen LogP) is 1.87. The number of carbonyl (C=O) groups excluding carboxylic acids is 1. The van der Waals surface area contributed by atoms with Gasteiger partial charge in [-0.05, 0) is 31.5 Å². The number of carbonyl (C=O) groups is 1. The molecule has 0 bridgehead atoms. The van der Waals surface area contributed by atoms with Crippen molar-refractivity contribution in [2.24, 2.45) is 5.41 Å². The normalized spacial score (nSPS) is 23.4. The molecule has 0 radical (unpaired) electrons. The molecule has 0 aromatic carbocycles. The monoisotopic (exact) mass is 273 g/mol. The molecule has 2 rings (SSSR count). The first-order valence-corrected chi connectivity index (χ1v) is 5.87. The molecule has 1 aromatic rings. The molecule has 2 N–H and O–H groups in total. The van der Waals surface area contributed by atoms with E-state index in [2.05, 4.69) is 15.6 Å². The van der Waals surface area contributed by atoms with Gasteiger partial charge in [0.05, 0.1) is 0 Å². The summed E-state index contributed by atoms with van der Waals surface area (Å²) in [5, 5.41) is 4.89. The molecule has 1 amide bonds. The zero-order valence-corrected chi connectivity index (χ0v) is 10.3. The maximum atomic E-state index is 13.1. The molecule has 1 unspecified atom stereocenters. The van der Waals surface area contributed by atoms with E-state index in [0.29, 0.717) is 5.56 Å². The quantitative estimate of drug-likeness (QED) is 0.865. The first-order chi connectivity index (χ1) is 8.87. The minimum absolute atomic E-state index is 0.169. The molecule has 1 fully saturated rings. The van der Waals surface area contributed by atoms with Gasteiger partial charge < -0.3 is 10.6 Å². The van der Waals surface area contributed by atoms with Crippen molar-refractivity contribution in [3.63, 3.8) is 0 Å². The van der Waals surface area contributed by atoms with Crippen LogP contribution in [-0.4, -0.2) is 30.2 Å². The molecule has 1 aromatic heterocycles. The van der Waals surface area contributed by atoms with Gasteiger partial charge in [-0.2, -0.15) is 13.2 Å². The van der Waals surface area contributed by atoms with Crippen LogP contribution in [0.3, 0.4) is 0 Å². The molecular weight excluding hydrogens is 259 g/mol. The fourth-order valence-corrected chi connectivity index (χ4v) is 2.10. The van der Waals surface area contributed by atoms with Crippen LogP contribution >= 0.6 is 0 Å². The zero-order chi connectivity index (χ0) is 14.1. The topological polar surface area (TPSA) is 54.0 Å². The number of amides is 1. The van der Waals surface area contributed by atoms with Crippen molar-refractivity contribution in [1.29, 1.82) is 0 Å². The number of hydrogen-bond donors (Lipinski definition) is 2. The molecule has 0 saturated carbocycles. The van der Waals surface area contributed by atoms with Crippen molar-refractivity contribution in [3.05, 3.63) is 23.9 Å². The summed E-state index contributed by atoms with van der Waals surface area (Å²) in [5.41, 5.74) is -1.74. The highest BCUT2D eigenvalue weighted by molar-refractivity contribution is 5.96. The average Bonchev–Trinajstić information content (AvgIpc) is 2.82. The van der Waals surface area contributed by atoms with E-state index in [-0.39, 0.29) is 18.8 Å². The van der Waals surface area contributed by atoms with Gasteiger partial charge in [-0.25, -0.2) is 4.98 Å². The van der Waals surface area contributed by atoms with E-state index < -0.39 is 24.0 Å². The van der Waals surface area contributed by atoms with Gasteiger partial charge in [-0.1, -0.05) is 6.07 Å². The summed E-state index contributed by atoms with van der Waals surface area (Å²) in [7, 11) is 0. The van der Waals surface area contributed by atoms with Crippen molar-refractivity contribution in [2.75, 3.05) is 18.4 Å². The minimum atomic E-state index is -4.58. The minimum Gasteiger partial charge on any atom is -0.315 e. The molecular formula is C12H14F3N3O. The summed E-state index contributed by atoms with van der Waals surface area (Å²) in [6, 6.07) is 3.33. The van der Waals surface area contributed by atoms with E-state index in [1.807, 2.05) is 0 Å². The zero-order valence-electron chi connectivity index (χ0n) is 10.3. The summed E-state index contributed by atoms with van der Waals surface area (Å²) in [4.78, 5) is 15.9. The number of anilines is 1. The van der Waals surface area contributed by atoms with Crippen LogP contribution in [-0.2, 0) is 4.79 Å². The molecule has 1 aliphatic heterocycles. The lowest BCUT2D eigenvalue weighted by Crippen LogP contribution is -2.49. The van der Waals surface area contributed by atoms with E-state index in [1.54, 1.807) is 19.1 Å². The molecule has 104 valence electrons. The van der Waals surface area contributed by atoms with Crippen LogP contribution in [0, 0.1) is 12.3 Å². The Labute approximate surface area is 108 Å². The van der Waals surface area contributed by atoms with E-state index in [9.17, 15) is 18.0 Å². The Kier molecular flexibility index (Phi) is 3.49. The number of nitrogens with zero attached hydrogens (tertiary/aromatic N) is 1. The highest BCUT2D eigenvalue weighted by Gasteiger charge is 2.61. The third kappa shape index (κ3) is 2.42. The second-order valence-electron chi connectivity index (χ2n) is 4.63. The Bertz CT molecular complexity index is 481.